The minimum atomic E-state index is -0.0856. The lowest BCUT2D eigenvalue weighted by atomic mass is 10.0. The van der Waals surface area contributed by atoms with Crippen molar-refractivity contribution in [2.45, 2.75) is 27.7 Å². The van der Waals surface area contributed by atoms with E-state index in [9.17, 15) is 9.59 Å². The molecule has 4 heterocycles. The Morgan fingerprint density at radius 1 is 0.565 bits per heavy atom. The first kappa shape index (κ1) is 30.6. The fourth-order valence-corrected chi connectivity index (χ4v) is 5.92. The quantitative estimate of drug-likeness (QED) is 0.192. The summed E-state index contributed by atoms with van der Waals surface area (Å²) in [6.45, 7) is 10.4. The first-order valence-electron chi connectivity index (χ1n) is 15.7. The molecule has 0 saturated heterocycles. The van der Waals surface area contributed by atoms with Gasteiger partial charge in [-0.05, 0) is 87.4 Å². The molecular formula is C36H38N8O2. The Labute approximate surface area is 268 Å². The molecule has 10 heteroatoms. The number of hydrogen-bond donors (Lipinski definition) is 0. The van der Waals surface area contributed by atoms with Crippen molar-refractivity contribution >= 4 is 33.9 Å². The van der Waals surface area contributed by atoms with Gasteiger partial charge in [0, 0.05) is 40.3 Å². The maximum Gasteiger partial charge on any atom is 0.272 e. The molecule has 0 aliphatic rings. The van der Waals surface area contributed by atoms with E-state index in [2.05, 4.69) is 46.4 Å². The number of aryl methyl sites for hydroxylation is 2. The summed E-state index contributed by atoms with van der Waals surface area (Å²) in [6.07, 6.45) is 0. The number of benzene rings is 2. The summed E-state index contributed by atoms with van der Waals surface area (Å²) >= 11 is 0. The van der Waals surface area contributed by atoms with Crippen molar-refractivity contribution in [3.8, 4) is 34.2 Å². The topological polar surface area (TPSA) is 102 Å². The minimum Gasteiger partial charge on any atom is -0.338 e. The standard InChI is InChI=1S/C36H38N8O2/c1-7-43(8-2)35(45)27-15-11-13-25(37-27)33-39-29-21-23(17-19-31(29)41(33)5)24-18-20-32-30(22-24)40-34(42(32)6)26-14-12-16-28(38-26)36(46)44(9-3)10-4/h11-22H,7-10H2,1-6H3. The molecule has 0 aliphatic heterocycles. The van der Waals surface area contributed by atoms with Crippen LogP contribution in [0.3, 0.4) is 0 Å². The molecule has 0 unspecified atom stereocenters. The lowest BCUT2D eigenvalue weighted by Gasteiger charge is -2.18. The lowest BCUT2D eigenvalue weighted by molar-refractivity contribution is 0.0759. The molecule has 2 amide bonds. The van der Waals surface area contributed by atoms with Gasteiger partial charge in [-0.25, -0.2) is 19.9 Å². The Morgan fingerprint density at radius 3 is 1.33 bits per heavy atom. The van der Waals surface area contributed by atoms with Gasteiger partial charge in [-0.1, -0.05) is 24.3 Å². The summed E-state index contributed by atoms with van der Waals surface area (Å²) in [4.78, 5) is 48.7. The van der Waals surface area contributed by atoms with E-state index in [0.29, 0.717) is 60.6 Å². The van der Waals surface area contributed by atoms with Crippen molar-refractivity contribution in [2.24, 2.45) is 14.1 Å². The SMILES string of the molecule is CCN(CC)C(=O)c1cccc(-c2nc3cc(-c4ccc5c(c4)nc(-c4cccc(C(=O)N(CC)CC)n4)n5C)ccc3n2C)n1. The van der Waals surface area contributed by atoms with Crippen LogP contribution in [0.5, 0.6) is 0 Å². The molecule has 234 valence electrons. The van der Waals surface area contributed by atoms with E-state index in [-0.39, 0.29) is 11.8 Å². The average Bonchev–Trinajstić information content (AvgIpc) is 3.61. The van der Waals surface area contributed by atoms with Gasteiger partial charge in [0.2, 0.25) is 0 Å². The Kier molecular flexibility index (Phi) is 8.36. The van der Waals surface area contributed by atoms with E-state index >= 15 is 0 Å². The van der Waals surface area contributed by atoms with Crippen molar-refractivity contribution in [1.29, 1.82) is 0 Å². The predicted molar refractivity (Wildman–Crippen MR) is 181 cm³/mol. The summed E-state index contributed by atoms with van der Waals surface area (Å²) in [5.74, 6) is 1.22. The van der Waals surface area contributed by atoms with E-state index in [0.717, 1.165) is 33.2 Å². The Balaban J connectivity index is 1.33. The number of amides is 2. The smallest absolute Gasteiger partial charge is 0.272 e. The largest absolute Gasteiger partial charge is 0.338 e. The Morgan fingerprint density at radius 2 is 0.957 bits per heavy atom. The number of fused-ring (bicyclic) bond motifs is 2. The maximum atomic E-state index is 12.9. The minimum absolute atomic E-state index is 0.0856. The van der Waals surface area contributed by atoms with Crippen molar-refractivity contribution < 1.29 is 9.59 Å². The number of pyridine rings is 2. The predicted octanol–water partition coefficient (Wildman–Crippen LogP) is 6.22. The van der Waals surface area contributed by atoms with E-state index in [1.807, 2.05) is 75.2 Å². The fourth-order valence-electron chi connectivity index (χ4n) is 5.92. The van der Waals surface area contributed by atoms with Gasteiger partial charge in [0.05, 0.1) is 22.1 Å². The highest BCUT2D eigenvalue weighted by molar-refractivity contribution is 5.94. The molecule has 6 aromatic rings. The molecule has 10 nitrogen and oxygen atoms in total. The van der Waals surface area contributed by atoms with Crippen molar-refractivity contribution in [3.05, 3.63) is 84.2 Å². The molecule has 4 aromatic heterocycles. The molecule has 6 rings (SSSR count). The first-order valence-corrected chi connectivity index (χ1v) is 15.7. The normalized spacial score (nSPS) is 11.3. The molecule has 0 aliphatic carbocycles. The number of imidazole rings is 2. The van der Waals surface area contributed by atoms with Crippen LogP contribution in [0.2, 0.25) is 0 Å². The zero-order valence-electron chi connectivity index (χ0n) is 27.2. The molecule has 0 spiro atoms. The van der Waals surface area contributed by atoms with Gasteiger partial charge in [0.25, 0.3) is 11.8 Å². The Bertz CT molecular complexity index is 1940. The summed E-state index contributed by atoms with van der Waals surface area (Å²) in [7, 11) is 3.93. The van der Waals surface area contributed by atoms with Crippen LogP contribution in [0.15, 0.2) is 72.8 Å². The van der Waals surface area contributed by atoms with Crippen LogP contribution in [0, 0.1) is 0 Å². The van der Waals surface area contributed by atoms with Gasteiger partial charge < -0.3 is 18.9 Å². The van der Waals surface area contributed by atoms with Gasteiger partial charge in [-0.3, -0.25) is 9.59 Å². The van der Waals surface area contributed by atoms with Crippen LogP contribution in [0.25, 0.3) is 56.2 Å². The van der Waals surface area contributed by atoms with E-state index in [4.69, 9.17) is 9.97 Å². The van der Waals surface area contributed by atoms with E-state index in [1.165, 1.54) is 0 Å². The van der Waals surface area contributed by atoms with E-state index in [1.54, 1.807) is 21.9 Å². The van der Waals surface area contributed by atoms with Crippen molar-refractivity contribution in [3.63, 3.8) is 0 Å². The third-order valence-electron chi connectivity index (χ3n) is 8.59. The monoisotopic (exact) mass is 614 g/mol. The molecule has 46 heavy (non-hydrogen) atoms. The second-order valence-electron chi connectivity index (χ2n) is 11.2. The van der Waals surface area contributed by atoms with Crippen LogP contribution < -0.4 is 0 Å². The summed E-state index contributed by atoms with van der Waals surface area (Å²) in [6, 6.07) is 23.4. The second kappa shape index (κ2) is 12.5. The van der Waals surface area contributed by atoms with Crippen molar-refractivity contribution in [1.82, 2.24) is 38.9 Å². The zero-order chi connectivity index (χ0) is 32.5. The molecule has 0 saturated carbocycles. The van der Waals surface area contributed by atoms with Gasteiger partial charge in [-0.2, -0.15) is 0 Å². The van der Waals surface area contributed by atoms with Gasteiger partial charge >= 0.3 is 0 Å². The fraction of sp³-hybridized carbons (Fsp3) is 0.278. The molecule has 0 bridgehead atoms. The van der Waals surface area contributed by atoms with Gasteiger partial charge in [-0.15, -0.1) is 0 Å². The number of carbonyl (C=O) groups excluding carboxylic acids is 2. The van der Waals surface area contributed by atoms with Crippen LogP contribution in [-0.2, 0) is 14.1 Å². The third-order valence-corrected chi connectivity index (χ3v) is 8.59. The summed E-state index contributed by atoms with van der Waals surface area (Å²) in [5, 5.41) is 0. The number of nitrogens with zero attached hydrogens (tertiary/aromatic N) is 8. The van der Waals surface area contributed by atoms with E-state index < -0.39 is 0 Å². The van der Waals surface area contributed by atoms with Crippen molar-refractivity contribution in [2.75, 3.05) is 26.2 Å². The number of carbonyl (C=O) groups is 2. The van der Waals surface area contributed by atoms with Crippen LogP contribution in [-0.4, -0.2) is 76.9 Å². The molecular weight excluding hydrogens is 576 g/mol. The highest BCUT2D eigenvalue weighted by Crippen LogP contribution is 2.31. The summed E-state index contributed by atoms with van der Waals surface area (Å²) in [5.41, 5.74) is 7.73. The summed E-state index contributed by atoms with van der Waals surface area (Å²) < 4.78 is 4.01. The van der Waals surface area contributed by atoms with Gasteiger partial charge in [0.15, 0.2) is 11.6 Å². The highest BCUT2D eigenvalue weighted by atomic mass is 16.2. The molecule has 0 radical (unpaired) electrons. The second-order valence-corrected chi connectivity index (χ2v) is 11.2. The Hall–Kier alpha value is -5.38. The third kappa shape index (κ3) is 5.40. The number of hydrogen-bond acceptors (Lipinski definition) is 6. The number of rotatable bonds is 9. The lowest BCUT2D eigenvalue weighted by Crippen LogP contribution is -2.31. The van der Waals surface area contributed by atoms with Crippen LogP contribution in [0.4, 0.5) is 0 Å². The zero-order valence-corrected chi connectivity index (χ0v) is 27.2. The molecule has 0 atom stereocenters. The molecule has 0 N–H and O–H groups in total. The maximum absolute atomic E-state index is 12.9. The van der Waals surface area contributed by atoms with Crippen LogP contribution >= 0.6 is 0 Å². The number of aromatic nitrogens is 6. The van der Waals surface area contributed by atoms with Crippen LogP contribution in [0.1, 0.15) is 48.7 Å². The van der Waals surface area contributed by atoms with Gasteiger partial charge in [0.1, 0.15) is 22.8 Å². The molecule has 2 aromatic carbocycles. The highest BCUT2D eigenvalue weighted by Gasteiger charge is 2.19. The first-order chi connectivity index (χ1) is 22.3. The molecule has 0 fully saturated rings. The average molecular weight is 615 g/mol.